The van der Waals surface area contributed by atoms with Gasteiger partial charge in [0.2, 0.25) is 0 Å². The minimum atomic E-state index is -0.694. The second-order valence-electron chi connectivity index (χ2n) is 5.35. The molecular formula is C16H23NO3S. The summed E-state index contributed by atoms with van der Waals surface area (Å²) in [5, 5.41) is 3.42. The zero-order valence-electron chi connectivity index (χ0n) is 13.3. The lowest BCUT2D eigenvalue weighted by molar-refractivity contribution is -0.123. The van der Waals surface area contributed by atoms with Crippen molar-refractivity contribution in [1.29, 1.82) is 0 Å². The van der Waals surface area contributed by atoms with Gasteiger partial charge in [-0.2, -0.15) is 11.8 Å². The average Bonchev–Trinajstić information content (AvgIpc) is 2.50. The lowest BCUT2D eigenvalue weighted by Gasteiger charge is -2.38. The molecule has 1 aromatic carbocycles. The van der Waals surface area contributed by atoms with Gasteiger partial charge < -0.3 is 9.47 Å². The summed E-state index contributed by atoms with van der Waals surface area (Å²) in [4.78, 5) is 12.4. The van der Waals surface area contributed by atoms with Crippen LogP contribution < -0.4 is 14.8 Å². The van der Waals surface area contributed by atoms with E-state index in [0.717, 1.165) is 40.5 Å². The highest BCUT2D eigenvalue weighted by atomic mass is 32.2. The van der Waals surface area contributed by atoms with Gasteiger partial charge in [0.1, 0.15) is 17.0 Å². The molecule has 0 radical (unpaired) electrons. The standard InChI is InChI=1S/C16H23NO3S/c1-10-11(2)15(20-5)13(8-14(10)19-4)16(12(3)18)9-21-7-6-17-16/h8,17H,6-7,9H2,1-5H3. The molecule has 116 valence electrons. The number of rotatable bonds is 4. The Balaban J connectivity index is 2.70. The number of carbonyl (C=O) groups is 1. The third-order valence-corrected chi connectivity index (χ3v) is 5.40. The van der Waals surface area contributed by atoms with Gasteiger partial charge in [0.15, 0.2) is 5.78 Å². The molecule has 1 heterocycles. The smallest absolute Gasteiger partial charge is 0.155 e. The molecule has 1 unspecified atom stereocenters. The van der Waals surface area contributed by atoms with Crippen molar-refractivity contribution in [3.05, 3.63) is 22.8 Å². The van der Waals surface area contributed by atoms with Crippen LogP contribution in [-0.4, -0.2) is 38.1 Å². The van der Waals surface area contributed by atoms with Gasteiger partial charge in [-0.3, -0.25) is 10.1 Å². The number of methoxy groups -OCH3 is 2. The van der Waals surface area contributed by atoms with E-state index >= 15 is 0 Å². The summed E-state index contributed by atoms with van der Waals surface area (Å²) in [7, 11) is 3.31. The van der Waals surface area contributed by atoms with E-state index in [1.54, 1.807) is 32.9 Å². The number of ether oxygens (including phenoxy) is 2. The van der Waals surface area contributed by atoms with Crippen LogP contribution in [0.4, 0.5) is 0 Å². The molecule has 1 aliphatic rings. The number of thioether (sulfide) groups is 1. The Morgan fingerprint density at radius 3 is 2.48 bits per heavy atom. The predicted octanol–water partition coefficient (Wildman–Crippen LogP) is 2.44. The van der Waals surface area contributed by atoms with Gasteiger partial charge in [-0.15, -0.1) is 0 Å². The van der Waals surface area contributed by atoms with Gasteiger partial charge in [0, 0.05) is 23.6 Å². The topological polar surface area (TPSA) is 47.6 Å². The van der Waals surface area contributed by atoms with Gasteiger partial charge >= 0.3 is 0 Å². The van der Waals surface area contributed by atoms with Crippen molar-refractivity contribution in [2.24, 2.45) is 0 Å². The second kappa shape index (κ2) is 6.28. The molecule has 5 heteroatoms. The molecule has 0 aromatic heterocycles. The SMILES string of the molecule is COc1cc(C2(C(C)=O)CSCCN2)c(OC)c(C)c1C. The molecule has 4 nitrogen and oxygen atoms in total. The Labute approximate surface area is 130 Å². The summed E-state index contributed by atoms with van der Waals surface area (Å²) in [6.45, 7) is 6.45. The highest BCUT2D eigenvalue weighted by Crippen LogP contribution is 2.41. The number of carbonyl (C=O) groups excluding carboxylic acids is 1. The molecule has 0 bridgehead atoms. The first-order valence-electron chi connectivity index (χ1n) is 7.04. The lowest BCUT2D eigenvalue weighted by Crippen LogP contribution is -2.54. The van der Waals surface area contributed by atoms with Gasteiger partial charge in [-0.05, 0) is 38.0 Å². The van der Waals surface area contributed by atoms with Crippen molar-refractivity contribution in [1.82, 2.24) is 5.32 Å². The van der Waals surface area contributed by atoms with Crippen LogP contribution in [0, 0.1) is 13.8 Å². The second-order valence-corrected chi connectivity index (χ2v) is 6.46. The summed E-state index contributed by atoms with van der Waals surface area (Å²) in [5.74, 6) is 3.40. The average molecular weight is 309 g/mol. The van der Waals surface area contributed by atoms with E-state index < -0.39 is 5.54 Å². The van der Waals surface area contributed by atoms with E-state index in [-0.39, 0.29) is 5.78 Å². The van der Waals surface area contributed by atoms with Crippen LogP contribution in [-0.2, 0) is 10.3 Å². The predicted molar refractivity (Wildman–Crippen MR) is 86.7 cm³/mol. The quantitative estimate of drug-likeness (QED) is 0.926. The summed E-state index contributed by atoms with van der Waals surface area (Å²) in [6, 6.07) is 1.95. The molecule has 21 heavy (non-hydrogen) atoms. The van der Waals surface area contributed by atoms with Gasteiger partial charge in [-0.25, -0.2) is 0 Å². The van der Waals surface area contributed by atoms with Gasteiger partial charge in [-0.1, -0.05) is 0 Å². The lowest BCUT2D eigenvalue weighted by atomic mass is 9.84. The van der Waals surface area contributed by atoms with Crippen LogP contribution in [0.15, 0.2) is 6.07 Å². The van der Waals surface area contributed by atoms with Crippen molar-refractivity contribution in [2.75, 3.05) is 32.3 Å². The number of ketones is 1. The molecule has 1 fully saturated rings. The molecule has 1 aromatic rings. The molecular weight excluding hydrogens is 286 g/mol. The van der Waals surface area contributed by atoms with E-state index in [0.29, 0.717) is 5.75 Å². The molecule has 1 saturated heterocycles. The maximum Gasteiger partial charge on any atom is 0.155 e. The third-order valence-electron chi connectivity index (χ3n) is 4.27. The number of hydrogen-bond donors (Lipinski definition) is 1. The Morgan fingerprint density at radius 2 is 2.00 bits per heavy atom. The zero-order valence-corrected chi connectivity index (χ0v) is 14.1. The van der Waals surface area contributed by atoms with Crippen LogP contribution in [0.3, 0.4) is 0 Å². The van der Waals surface area contributed by atoms with E-state index in [1.807, 2.05) is 19.9 Å². The Bertz CT molecular complexity index is 551. The van der Waals surface area contributed by atoms with Crippen molar-refractivity contribution in [3.8, 4) is 11.5 Å². The third kappa shape index (κ3) is 2.64. The monoisotopic (exact) mass is 309 g/mol. The van der Waals surface area contributed by atoms with Gasteiger partial charge in [0.25, 0.3) is 0 Å². The van der Waals surface area contributed by atoms with Crippen LogP contribution in [0.2, 0.25) is 0 Å². The van der Waals surface area contributed by atoms with Crippen LogP contribution in [0.25, 0.3) is 0 Å². The zero-order chi connectivity index (χ0) is 15.6. The van der Waals surface area contributed by atoms with Gasteiger partial charge in [0.05, 0.1) is 14.2 Å². The van der Waals surface area contributed by atoms with E-state index in [1.165, 1.54) is 0 Å². The van der Waals surface area contributed by atoms with Crippen LogP contribution in [0.1, 0.15) is 23.6 Å². The summed E-state index contributed by atoms with van der Waals surface area (Å²) in [6.07, 6.45) is 0. The Kier molecular flexibility index (Phi) is 4.84. The number of benzene rings is 1. The fourth-order valence-corrected chi connectivity index (χ4v) is 4.01. The maximum absolute atomic E-state index is 12.4. The van der Waals surface area contributed by atoms with E-state index in [4.69, 9.17) is 9.47 Å². The number of hydrogen-bond acceptors (Lipinski definition) is 5. The van der Waals surface area contributed by atoms with Crippen LogP contribution >= 0.6 is 11.8 Å². The molecule has 2 rings (SSSR count). The summed E-state index contributed by atoms with van der Waals surface area (Å²) < 4.78 is 11.1. The molecule has 0 spiro atoms. The molecule has 0 saturated carbocycles. The van der Waals surface area contributed by atoms with Crippen LogP contribution in [0.5, 0.6) is 11.5 Å². The van der Waals surface area contributed by atoms with E-state index in [9.17, 15) is 4.79 Å². The largest absolute Gasteiger partial charge is 0.496 e. The molecule has 1 N–H and O–H groups in total. The van der Waals surface area contributed by atoms with Crippen molar-refractivity contribution < 1.29 is 14.3 Å². The normalized spacial score (nSPS) is 22.0. The summed E-state index contributed by atoms with van der Waals surface area (Å²) >= 11 is 1.79. The highest BCUT2D eigenvalue weighted by Gasteiger charge is 2.42. The molecule has 1 atom stereocenters. The fraction of sp³-hybridized carbons (Fsp3) is 0.562. The number of Topliss-reactive ketones (excluding diaryl/α,β-unsaturated/α-hetero) is 1. The van der Waals surface area contributed by atoms with Crippen molar-refractivity contribution in [2.45, 2.75) is 26.3 Å². The first kappa shape index (κ1) is 16.2. The highest BCUT2D eigenvalue weighted by molar-refractivity contribution is 7.99. The minimum Gasteiger partial charge on any atom is -0.496 e. The Hall–Kier alpha value is -1.20. The molecule has 1 aliphatic heterocycles. The molecule has 0 amide bonds. The maximum atomic E-state index is 12.4. The van der Waals surface area contributed by atoms with E-state index in [2.05, 4.69) is 5.32 Å². The minimum absolute atomic E-state index is 0.110. The van der Waals surface area contributed by atoms with Crippen molar-refractivity contribution >= 4 is 17.5 Å². The first-order valence-corrected chi connectivity index (χ1v) is 8.20. The Morgan fingerprint density at radius 1 is 1.29 bits per heavy atom. The fourth-order valence-electron chi connectivity index (χ4n) is 2.86. The van der Waals surface area contributed by atoms with Crippen molar-refractivity contribution in [3.63, 3.8) is 0 Å². The molecule has 0 aliphatic carbocycles. The number of nitrogens with one attached hydrogen (secondary N) is 1. The first-order chi connectivity index (χ1) is 9.97. The summed E-state index contributed by atoms with van der Waals surface area (Å²) in [5.41, 5.74) is 2.25.